The van der Waals surface area contributed by atoms with E-state index >= 15 is 0 Å². The van der Waals surface area contributed by atoms with E-state index < -0.39 is 4.92 Å². The zero-order valence-electron chi connectivity index (χ0n) is 9.81. The van der Waals surface area contributed by atoms with Crippen LogP contribution in [0.1, 0.15) is 18.9 Å². The summed E-state index contributed by atoms with van der Waals surface area (Å²) >= 11 is 3.39. The fourth-order valence-corrected chi connectivity index (χ4v) is 2.20. The van der Waals surface area contributed by atoms with Gasteiger partial charge in [0.15, 0.2) is 11.5 Å². The maximum absolute atomic E-state index is 10.6. The summed E-state index contributed by atoms with van der Waals surface area (Å²) in [6.45, 7) is 2.65. The molecule has 0 spiro atoms. The van der Waals surface area contributed by atoms with E-state index in [1.54, 1.807) is 12.1 Å². The Morgan fingerprint density at radius 1 is 1.44 bits per heavy atom. The number of allylic oxidation sites excluding steroid dienone is 1. The van der Waals surface area contributed by atoms with Gasteiger partial charge in [0.25, 0.3) is 0 Å². The molecule has 0 N–H and O–H groups in total. The van der Waals surface area contributed by atoms with Crippen LogP contribution in [0.25, 0.3) is 6.08 Å². The largest absolute Gasteiger partial charge is 0.489 e. The van der Waals surface area contributed by atoms with Crippen molar-refractivity contribution < 1.29 is 14.4 Å². The van der Waals surface area contributed by atoms with Crippen LogP contribution in [0.15, 0.2) is 22.3 Å². The Labute approximate surface area is 113 Å². The minimum atomic E-state index is -0.420. The molecule has 1 aliphatic heterocycles. The molecule has 0 aliphatic carbocycles. The van der Waals surface area contributed by atoms with Crippen molar-refractivity contribution in [3.05, 3.63) is 38.0 Å². The molecule has 6 heteroatoms. The third-order valence-corrected chi connectivity index (χ3v) is 3.08. The molecule has 0 fully saturated rings. The Morgan fingerprint density at radius 3 is 2.89 bits per heavy atom. The summed E-state index contributed by atoms with van der Waals surface area (Å²) in [5.74, 6) is 1.27. The molecule has 18 heavy (non-hydrogen) atoms. The molecule has 0 unspecified atom stereocenters. The van der Waals surface area contributed by atoms with Crippen molar-refractivity contribution in [1.82, 2.24) is 0 Å². The Morgan fingerprint density at radius 2 is 2.17 bits per heavy atom. The van der Waals surface area contributed by atoms with Crippen molar-refractivity contribution in [2.45, 2.75) is 13.3 Å². The van der Waals surface area contributed by atoms with Crippen LogP contribution in [0.4, 0.5) is 0 Å². The highest BCUT2D eigenvalue weighted by molar-refractivity contribution is 9.10. The minimum Gasteiger partial charge on any atom is -0.489 e. The number of ether oxygens (including phenoxy) is 2. The second-order valence-electron chi connectivity index (χ2n) is 3.92. The van der Waals surface area contributed by atoms with Gasteiger partial charge in [-0.1, -0.05) is 0 Å². The van der Waals surface area contributed by atoms with E-state index in [9.17, 15) is 10.1 Å². The second-order valence-corrected chi connectivity index (χ2v) is 4.78. The Kier molecular flexibility index (Phi) is 3.86. The standard InChI is InChI=1S/C12H12BrNO4/c1-8(14(15)16)5-9-6-10(13)12-11(7-9)17-3-2-4-18-12/h5-7H,2-4H2,1H3. The van der Waals surface area contributed by atoms with Gasteiger partial charge in [-0.15, -0.1) is 0 Å². The molecular formula is C12H12BrNO4. The van der Waals surface area contributed by atoms with Gasteiger partial charge in [0, 0.05) is 19.4 Å². The van der Waals surface area contributed by atoms with Gasteiger partial charge in [0.05, 0.1) is 22.6 Å². The third kappa shape index (κ3) is 2.81. The Hall–Kier alpha value is -1.56. The van der Waals surface area contributed by atoms with Gasteiger partial charge >= 0.3 is 0 Å². The van der Waals surface area contributed by atoms with Crippen LogP contribution >= 0.6 is 15.9 Å². The molecule has 2 rings (SSSR count). The molecule has 0 amide bonds. The van der Waals surface area contributed by atoms with Crippen LogP contribution in [0, 0.1) is 10.1 Å². The zero-order valence-corrected chi connectivity index (χ0v) is 11.4. The van der Waals surface area contributed by atoms with Crippen LogP contribution in [-0.2, 0) is 0 Å². The molecule has 0 saturated heterocycles. The van der Waals surface area contributed by atoms with Crippen LogP contribution in [0.3, 0.4) is 0 Å². The molecular weight excluding hydrogens is 302 g/mol. The smallest absolute Gasteiger partial charge is 0.243 e. The Balaban J connectivity index is 2.40. The van der Waals surface area contributed by atoms with Crippen LogP contribution in [0.2, 0.25) is 0 Å². The van der Waals surface area contributed by atoms with Crippen LogP contribution in [-0.4, -0.2) is 18.1 Å². The van der Waals surface area contributed by atoms with Gasteiger partial charge in [-0.05, 0) is 33.6 Å². The maximum Gasteiger partial charge on any atom is 0.243 e. The molecule has 0 bridgehead atoms. The first-order valence-electron chi connectivity index (χ1n) is 5.50. The molecule has 5 nitrogen and oxygen atoms in total. The summed E-state index contributed by atoms with van der Waals surface area (Å²) in [5.41, 5.74) is 0.789. The number of nitrogens with zero attached hydrogens (tertiary/aromatic N) is 1. The molecule has 96 valence electrons. The molecule has 0 atom stereocenters. The number of nitro groups is 1. The number of halogens is 1. The van der Waals surface area contributed by atoms with Crippen molar-refractivity contribution in [3.63, 3.8) is 0 Å². The number of hydrogen-bond acceptors (Lipinski definition) is 4. The topological polar surface area (TPSA) is 61.6 Å². The summed E-state index contributed by atoms with van der Waals surface area (Å²) in [6.07, 6.45) is 2.32. The molecule has 1 aromatic rings. The SMILES string of the molecule is CC(=Cc1cc(Br)c2c(c1)OCCCO2)[N+](=O)[O-]. The van der Waals surface area contributed by atoms with Gasteiger partial charge < -0.3 is 9.47 Å². The number of benzene rings is 1. The van der Waals surface area contributed by atoms with Crippen LogP contribution in [0.5, 0.6) is 11.5 Å². The first kappa shape index (κ1) is 12.9. The maximum atomic E-state index is 10.6. The lowest BCUT2D eigenvalue weighted by Gasteiger charge is -2.10. The van der Waals surface area contributed by atoms with E-state index in [2.05, 4.69) is 15.9 Å². The quantitative estimate of drug-likeness (QED) is 0.621. The van der Waals surface area contributed by atoms with Gasteiger partial charge in [-0.2, -0.15) is 0 Å². The Bertz CT molecular complexity index is 513. The van der Waals surface area contributed by atoms with E-state index in [0.29, 0.717) is 30.3 Å². The van der Waals surface area contributed by atoms with Crippen molar-refractivity contribution in [3.8, 4) is 11.5 Å². The molecule has 0 saturated carbocycles. The van der Waals surface area contributed by atoms with Gasteiger partial charge in [-0.3, -0.25) is 10.1 Å². The number of hydrogen-bond donors (Lipinski definition) is 0. The fraction of sp³-hybridized carbons (Fsp3) is 0.333. The molecule has 1 aliphatic rings. The highest BCUT2D eigenvalue weighted by Crippen LogP contribution is 2.38. The summed E-state index contributed by atoms with van der Waals surface area (Å²) < 4.78 is 11.9. The summed E-state index contributed by atoms with van der Waals surface area (Å²) in [7, 11) is 0. The summed E-state index contributed by atoms with van der Waals surface area (Å²) in [6, 6.07) is 3.53. The van der Waals surface area contributed by atoms with E-state index in [0.717, 1.165) is 10.9 Å². The zero-order chi connectivity index (χ0) is 13.1. The number of rotatable bonds is 2. The van der Waals surface area contributed by atoms with E-state index in [1.807, 2.05) is 0 Å². The van der Waals surface area contributed by atoms with Crippen molar-refractivity contribution in [2.75, 3.05) is 13.2 Å². The first-order valence-corrected chi connectivity index (χ1v) is 6.29. The highest BCUT2D eigenvalue weighted by Gasteiger charge is 2.15. The summed E-state index contributed by atoms with van der Waals surface area (Å²) in [4.78, 5) is 10.2. The third-order valence-electron chi connectivity index (χ3n) is 2.49. The highest BCUT2D eigenvalue weighted by atomic mass is 79.9. The van der Waals surface area contributed by atoms with Crippen molar-refractivity contribution in [1.29, 1.82) is 0 Å². The van der Waals surface area contributed by atoms with E-state index in [4.69, 9.17) is 9.47 Å². The predicted octanol–water partition coefficient (Wildman–Crippen LogP) is 3.25. The van der Waals surface area contributed by atoms with Crippen molar-refractivity contribution in [2.24, 2.45) is 0 Å². The molecule has 0 aromatic heterocycles. The predicted molar refractivity (Wildman–Crippen MR) is 70.4 cm³/mol. The van der Waals surface area contributed by atoms with Crippen LogP contribution < -0.4 is 9.47 Å². The average molecular weight is 314 g/mol. The van der Waals surface area contributed by atoms with Gasteiger partial charge in [-0.25, -0.2) is 0 Å². The number of fused-ring (bicyclic) bond motifs is 1. The van der Waals surface area contributed by atoms with Crippen molar-refractivity contribution >= 4 is 22.0 Å². The molecule has 1 heterocycles. The molecule has 1 aromatic carbocycles. The monoisotopic (exact) mass is 313 g/mol. The second kappa shape index (κ2) is 5.39. The van der Waals surface area contributed by atoms with Gasteiger partial charge in [0.2, 0.25) is 5.70 Å². The normalized spacial score (nSPS) is 15.1. The van der Waals surface area contributed by atoms with Gasteiger partial charge in [0.1, 0.15) is 0 Å². The van der Waals surface area contributed by atoms with E-state index in [1.165, 1.54) is 13.0 Å². The molecule has 0 radical (unpaired) electrons. The minimum absolute atomic E-state index is 0.0800. The fourth-order valence-electron chi connectivity index (χ4n) is 1.63. The lowest BCUT2D eigenvalue weighted by atomic mass is 10.1. The average Bonchev–Trinajstić information content (AvgIpc) is 2.54. The lowest BCUT2D eigenvalue weighted by molar-refractivity contribution is -0.422. The first-order chi connectivity index (χ1) is 8.58. The summed E-state index contributed by atoms with van der Waals surface area (Å²) in [5, 5.41) is 10.6. The van der Waals surface area contributed by atoms with E-state index in [-0.39, 0.29) is 5.70 Å². The lowest BCUT2D eigenvalue weighted by Crippen LogP contribution is -1.97.